The van der Waals surface area contributed by atoms with E-state index in [4.69, 9.17) is 0 Å². The van der Waals surface area contributed by atoms with Gasteiger partial charge in [0.25, 0.3) is 0 Å². The van der Waals surface area contributed by atoms with Crippen LogP contribution in [-0.4, -0.2) is 34.1 Å². The van der Waals surface area contributed by atoms with Crippen molar-refractivity contribution in [2.45, 2.75) is 70.0 Å². The molecule has 0 bridgehead atoms. The fourth-order valence-corrected chi connectivity index (χ4v) is 4.23. The first kappa shape index (κ1) is 15.0. The molecule has 116 valence electrons. The van der Waals surface area contributed by atoms with E-state index in [9.17, 15) is 0 Å². The Balaban J connectivity index is 1.83. The summed E-state index contributed by atoms with van der Waals surface area (Å²) in [5, 5.41) is 3.93. The van der Waals surface area contributed by atoms with Gasteiger partial charge >= 0.3 is 0 Å². The van der Waals surface area contributed by atoms with Crippen molar-refractivity contribution in [1.82, 2.24) is 15.2 Å². The van der Waals surface area contributed by atoms with Crippen LogP contribution >= 0.6 is 0 Å². The molecular weight excluding hydrogens is 258 g/mol. The maximum atomic E-state index is 4.16. The summed E-state index contributed by atoms with van der Waals surface area (Å²) in [5.74, 6) is 0. The summed E-state index contributed by atoms with van der Waals surface area (Å²) >= 11 is 0. The largest absolute Gasteiger partial charge is 0.308 e. The maximum Gasteiger partial charge on any atom is 0.0338 e. The Hall–Kier alpha value is -0.930. The summed E-state index contributed by atoms with van der Waals surface area (Å²) in [6, 6.07) is 4.34. The molecular formula is C18H29N3. The zero-order valence-corrected chi connectivity index (χ0v) is 13.6. The SMILES string of the molecule is CCC1(CC)CN(Cc2ccncc2)C2(CCCC2)CN1. The maximum absolute atomic E-state index is 4.16. The van der Waals surface area contributed by atoms with Crippen molar-refractivity contribution >= 4 is 0 Å². The molecule has 1 aromatic rings. The van der Waals surface area contributed by atoms with E-state index < -0.39 is 0 Å². The van der Waals surface area contributed by atoms with Crippen molar-refractivity contribution in [1.29, 1.82) is 0 Å². The van der Waals surface area contributed by atoms with E-state index in [1.165, 1.54) is 57.2 Å². The number of nitrogens with one attached hydrogen (secondary N) is 1. The molecule has 2 fully saturated rings. The van der Waals surface area contributed by atoms with Crippen LogP contribution < -0.4 is 5.32 Å². The molecule has 1 aliphatic heterocycles. The molecule has 1 saturated heterocycles. The van der Waals surface area contributed by atoms with E-state index in [-0.39, 0.29) is 0 Å². The zero-order valence-electron chi connectivity index (χ0n) is 13.6. The average Bonchev–Trinajstić information content (AvgIpc) is 3.01. The van der Waals surface area contributed by atoms with E-state index in [0.717, 1.165) is 6.54 Å². The summed E-state index contributed by atoms with van der Waals surface area (Å²) in [5.41, 5.74) is 2.11. The Labute approximate surface area is 129 Å². The molecule has 2 aliphatic rings. The van der Waals surface area contributed by atoms with Crippen LogP contribution in [0, 0.1) is 0 Å². The van der Waals surface area contributed by atoms with E-state index >= 15 is 0 Å². The topological polar surface area (TPSA) is 28.2 Å². The number of aromatic nitrogens is 1. The van der Waals surface area contributed by atoms with Crippen LogP contribution in [-0.2, 0) is 6.54 Å². The second-order valence-corrected chi connectivity index (χ2v) is 6.98. The average molecular weight is 287 g/mol. The van der Waals surface area contributed by atoms with Crippen molar-refractivity contribution in [3.63, 3.8) is 0 Å². The second-order valence-electron chi connectivity index (χ2n) is 6.98. The molecule has 3 heteroatoms. The van der Waals surface area contributed by atoms with E-state index in [0.29, 0.717) is 11.1 Å². The van der Waals surface area contributed by atoms with Gasteiger partial charge in [0.1, 0.15) is 0 Å². The molecule has 1 saturated carbocycles. The smallest absolute Gasteiger partial charge is 0.0338 e. The molecule has 1 aliphatic carbocycles. The number of rotatable bonds is 4. The molecule has 0 amide bonds. The van der Waals surface area contributed by atoms with E-state index in [2.05, 4.69) is 41.2 Å². The predicted octanol–water partition coefficient (Wildman–Crippen LogP) is 3.36. The zero-order chi connectivity index (χ0) is 14.8. The molecule has 21 heavy (non-hydrogen) atoms. The van der Waals surface area contributed by atoms with Gasteiger partial charge < -0.3 is 5.32 Å². The highest BCUT2D eigenvalue weighted by molar-refractivity contribution is 5.13. The molecule has 3 rings (SSSR count). The lowest BCUT2D eigenvalue weighted by atomic mass is 9.82. The minimum Gasteiger partial charge on any atom is -0.308 e. The molecule has 1 spiro atoms. The first-order valence-electron chi connectivity index (χ1n) is 8.61. The van der Waals surface area contributed by atoms with Crippen molar-refractivity contribution < 1.29 is 0 Å². The lowest BCUT2D eigenvalue weighted by Gasteiger charge is -2.53. The Morgan fingerprint density at radius 1 is 1.14 bits per heavy atom. The highest BCUT2D eigenvalue weighted by Crippen LogP contribution is 2.40. The third kappa shape index (κ3) is 2.86. The Bertz CT molecular complexity index is 447. The highest BCUT2D eigenvalue weighted by Gasteiger charge is 2.47. The summed E-state index contributed by atoms with van der Waals surface area (Å²) in [6.45, 7) is 8.08. The van der Waals surface area contributed by atoms with Gasteiger partial charge in [0.2, 0.25) is 0 Å². The molecule has 0 radical (unpaired) electrons. The van der Waals surface area contributed by atoms with Crippen molar-refractivity contribution in [2.24, 2.45) is 0 Å². The van der Waals surface area contributed by atoms with Gasteiger partial charge in [-0.15, -0.1) is 0 Å². The summed E-state index contributed by atoms with van der Waals surface area (Å²) in [4.78, 5) is 6.95. The minimum atomic E-state index is 0.306. The highest BCUT2D eigenvalue weighted by atomic mass is 15.3. The fourth-order valence-electron chi connectivity index (χ4n) is 4.23. The minimum absolute atomic E-state index is 0.306. The Kier molecular flexibility index (Phi) is 4.32. The molecule has 1 aromatic heterocycles. The van der Waals surface area contributed by atoms with Gasteiger partial charge in [0.05, 0.1) is 0 Å². The van der Waals surface area contributed by atoms with Crippen LogP contribution in [0.5, 0.6) is 0 Å². The van der Waals surface area contributed by atoms with E-state index in [1.807, 2.05) is 12.4 Å². The number of pyridine rings is 1. The van der Waals surface area contributed by atoms with Crippen LogP contribution in [0.1, 0.15) is 57.9 Å². The Morgan fingerprint density at radius 3 is 2.43 bits per heavy atom. The molecule has 3 nitrogen and oxygen atoms in total. The van der Waals surface area contributed by atoms with Gasteiger partial charge in [-0.2, -0.15) is 0 Å². The van der Waals surface area contributed by atoms with Gasteiger partial charge in [-0.1, -0.05) is 26.7 Å². The van der Waals surface area contributed by atoms with Gasteiger partial charge in [0.15, 0.2) is 0 Å². The third-order valence-corrected chi connectivity index (χ3v) is 5.97. The van der Waals surface area contributed by atoms with Crippen LogP contribution in [0.25, 0.3) is 0 Å². The van der Waals surface area contributed by atoms with Gasteiger partial charge in [-0.25, -0.2) is 0 Å². The predicted molar refractivity (Wildman–Crippen MR) is 87.2 cm³/mol. The number of piperazine rings is 1. The normalized spacial score (nSPS) is 24.5. The molecule has 2 heterocycles. The summed E-state index contributed by atoms with van der Waals surface area (Å²) in [6.07, 6.45) is 11.8. The van der Waals surface area contributed by atoms with Crippen molar-refractivity contribution in [3.8, 4) is 0 Å². The van der Waals surface area contributed by atoms with Gasteiger partial charge in [0, 0.05) is 43.1 Å². The molecule has 0 unspecified atom stereocenters. The summed E-state index contributed by atoms with van der Waals surface area (Å²) < 4.78 is 0. The Morgan fingerprint density at radius 2 is 1.81 bits per heavy atom. The van der Waals surface area contributed by atoms with E-state index in [1.54, 1.807) is 0 Å². The molecule has 0 atom stereocenters. The van der Waals surface area contributed by atoms with Crippen LogP contribution in [0.15, 0.2) is 24.5 Å². The second kappa shape index (κ2) is 6.05. The third-order valence-electron chi connectivity index (χ3n) is 5.97. The standard InChI is InChI=1S/C18H29N3/c1-3-17(4-2)15-21(13-16-7-11-19-12-8-16)18(14-20-17)9-5-6-10-18/h7-8,11-12,20H,3-6,9-10,13-15H2,1-2H3. The lowest BCUT2D eigenvalue weighted by molar-refractivity contribution is -0.00213. The van der Waals surface area contributed by atoms with Crippen molar-refractivity contribution in [3.05, 3.63) is 30.1 Å². The number of hydrogen-bond acceptors (Lipinski definition) is 3. The van der Waals surface area contributed by atoms with Gasteiger partial charge in [-0.05, 0) is 43.4 Å². The van der Waals surface area contributed by atoms with Crippen LogP contribution in [0.2, 0.25) is 0 Å². The first-order chi connectivity index (χ1) is 10.2. The number of hydrogen-bond donors (Lipinski definition) is 1. The number of nitrogens with zero attached hydrogens (tertiary/aromatic N) is 2. The van der Waals surface area contributed by atoms with Crippen LogP contribution in [0.4, 0.5) is 0 Å². The van der Waals surface area contributed by atoms with Crippen LogP contribution in [0.3, 0.4) is 0 Å². The fraction of sp³-hybridized carbons (Fsp3) is 0.722. The lowest BCUT2D eigenvalue weighted by Crippen LogP contribution is -2.68. The van der Waals surface area contributed by atoms with Gasteiger partial charge in [-0.3, -0.25) is 9.88 Å². The molecule has 0 aromatic carbocycles. The van der Waals surface area contributed by atoms with Crippen molar-refractivity contribution in [2.75, 3.05) is 13.1 Å². The molecule has 1 N–H and O–H groups in total. The first-order valence-corrected chi connectivity index (χ1v) is 8.61. The summed E-state index contributed by atoms with van der Waals surface area (Å²) in [7, 11) is 0. The quantitative estimate of drug-likeness (QED) is 0.920. The monoisotopic (exact) mass is 287 g/mol.